The molecule has 0 aliphatic carbocycles. The van der Waals surface area contributed by atoms with Crippen LogP contribution in [-0.4, -0.2) is 23.3 Å². The van der Waals surface area contributed by atoms with Crippen LogP contribution in [0.2, 0.25) is 0 Å². The summed E-state index contributed by atoms with van der Waals surface area (Å²) in [4.78, 5) is 25.9. The van der Waals surface area contributed by atoms with E-state index < -0.39 is 11.8 Å². The summed E-state index contributed by atoms with van der Waals surface area (Å²) in [7, 11) is 0. The fourth-order valence-electron chi connectivity index (χ4n) is 3.18. The first kappa shape index (κ1) is 17.0. The molecular formula is C20H23N3O2. The maximum Gasteiger partial charge on any atom is 0.235 e. The molecule has 0 aromatic heterocycles. The number of nitrogens with one attached hydrogen (secondary N) is 1. The zero-order valence-corrected chi connectivity index (χ0v) is 14.2. The number of rotatable bonds is 5. The van der Waals surface area contributed by atoms with E-state index in [4.69, 9.17) is 5.73 Å². The Bertz CT molecular complexity index is 746. The third-order valence-electron chi connectivity index (χ3n) is 4.49. The first-order valence-corrected chi connectivity index (χ1v) is 8.62. The average Bonchev–Trinajstić information content (AvgIpc) is 2.78. The maximum absolute atomic E-state index is 12.6. The minimum absolute atomic E-state index is 0.147. The molecule has 5 nitrogen and oxygen atoms in total. The number of hydrogen-bond acceptors (Lipinski definition) is 3. The van der Waals surface area contributed by atoms with E-state index in [0.717, 1.165) is 29.8 Å². The van der Waals surface area contributed by atoms with Gasteiger partial charge in [-0.1, -0.05) is 36.8 Å². The minimum atomic E-state index is -0.687. The number of primary amides is 1. The van der Waals surface area contributed by atoms with Crippen LogP contribution >= 0.6 is 0 Å². The third kappa shape index (κ3) is 4.38. The average molecular weight is 337 g/mol. The number of likely N-dealkylation sites (tertiary alicyclic amines) is 1. The Kier molecular flexibility index (Phi) is 5.33. The minimum Gasteiger partial charge on any atom is -0.369 e. The smallest absolute Gasteiger partial charge is 0.235 e. The Balaban J connectivity index is 1.72. The second-order valence-electron chi connectivity index (χ2n) is 6.40. The molecule has 0 bridgehead atoms. The van der Waals surface area contributed by atoms with Gasteiger partial charge >= 0.3 is 0 Å². The molecule has 3 rings (SSSR count). The van der Waals surface area contributed by atoms with E-state index >= 15 is 0 Å². The van der Waals surface area contributed by atoms with E-state index in [0.29, 0.717) is 19.5 Å². The molecular weight excluding hydrogens is 314 g/mol. The largest absolute Gasteiger partial charge is 0.369 e. The van der Waals surface area contributed by atoms with Crippen molar-refractivity contribution in [2.45, 2.75) is 25.8 Å². The predicted molar refractivity (Wildman–Crippen MR) is 98.1 cm³/mol. The summed E-state index contributed by atoms with van der Waals surface area (Å²) in [5.74, 6) is -1.35. The lowest BCUT2D eigenvalue weighted by molar-refractivity contribution is -0.140. The topological polar surface area (TPSA) is 75.4 Å². The Hall–Kier alpha value is -2.82. The van der Waals surface area contributed by atoms with Crippen LogP contribution in [0.3, 0.4) is 0 Å². The zero-order chi connectivity index (χ0) is 17.6. The molecule has 1 fully saturated rings. The van der Waals surface area contributed by atoms with E-state index in [-0.39, 0.29) is 5.91 Å². The van der Waals surface area contributed by atoms with Gasteiger partial charge in [0.05, 0.1) is 0 Å². The highest BCUT2D eigenvalue weighted by Gasteiger charge is 2.30. The molecule has 0 radical (unpaired) electrons. The van der Waals surface area contributed by atoms with E-state index in [1.54, 1.807) is 4.90 Å². The van der Waals surface area contributed by atoms with Crippen LogP contribution in [0.5, 0.6) is 0 Å². The number of hydrogen-bond donors (Lipinski definition) is 2. The first-order valence-electron chi connectivity index (χ1n) is 8.62. The highest BCUT2D eigenvalue weighted by Crippen LogP contribution is 2.22. The van der Waals surface area contributed by atoms with Crippen LogP contribution in [0.25, 0.3) is 0 Å². The third-order valence-corrected chi connectivity index (χ3v) is 4.49. The van der Waals surface area contributed by atoms with Crippen LogP contribution in [0.15, 0.2) is 54.6 Å². The second kappa shape index (κ2) is 7.83. The molecule has 1 atom stereocenters. The normalized spacial score (nSPS) is 17.8. The van der Waals surface area contributed by atoms with E-state index in [2.05, 4.69) is 5.32 Å². The van der Waals surface area contributed by atoms with Gasteiger partial charge in [-0.15, -0.1) is 0 Å². The van der Waals surface area contributed by atoms with Crippen molar-refractivity contribution in [2.24, 2.45) is 11.7 Å². The summed E-state index contributed by atoms with van der Waals surface area (Å²) in [6.07, 6.45) is 2.31. The van der Waals surface area contributed by atoms with Gasteiger partial charge in [-0.2, -0.15) is 0 Å². The lowest BCUT2D eigenvalue weighted by atomic mass is 10.0. The molecule has 0 spiro atoms. The number of nitrogens with zero attached hydrogens (tertiary/aromatic N) is 1. The zero-order valence-electron chi connectivity index (χ0n) is 14.2. The molecule has 1 aliphatic heterocycles. The number of para-hydroxylation sites is 1. The van der Waals surface area contributed by atoms with Gasteiger partial charge in [0, 0.05) is 24.5 Å². The van der Waals surface area contributed by atoms with Crippen molar-refractivity contribution in [1.29, 1.82) is 0 Å². The summed E-state index contributed by atoms with van der Waals surface area (Å²) in [6, 6.07) is 17.9. The monoisotopic (exact) mass is 337 g/mol. The van der Waals surface area contributed by atoms with Gasteiger partial charge in [0.15, 0.2) is 0 Å². The van der Waals surface area contributed by atoms with Crippen molar-refractivity contribution in [1.82, 2.24) is 4.90 Å². The van der Waals surface area contributed by atoms with Crippen molar-refractivity contribution in [3.63, 3.8) is 0 Å². The maximum atomic E-state index is 12.6. The summed E-state index contributed by atoms with van der Waals surface area (Å²) >= 11 is 0. The summed E-state index contributed by atoms with van der Waals surface area (Å²) < 4.78 is 0. The number of carbonyl (C=O) groups excluding carboxylic acids is 2. The number of carbonyl (C=O) groups is 2. The Morgan fingerprint density at radius 2 is 1.84 bits per heavy atom. The van der Waals surface area contributed by atoms with Crippen LogP contribution in [0.1, 0.15) is 24.8 Å². The van der Waals surface area contributed by atoms with Gasteiger partial charge in [-0.3, -0.25) is 9.59 Å². The van der Waals surface area contributed by atoms with Gasteiger partial charge < -0.3 is 16.0 Å². The Morgan fingerprint density at radius 1 is 1.08 bits per heavy atom. The molecule has 5 heteroatoms. The molecule has 1 heterocycles. The number of nitrogens with two attached hydrogens (primary N) is 1. The van der Waals surface area contributed by atoms with Crippen molar-refractivity contribution < 1.29 is 9.59 Å². The summed E-state index contributed by atoms with van der Waals surface area (Å²) in [5, 5.41) is 3.35. The SMILES string of the molecule is NC(=O)[C@@H]1CCCCN(Cc2cccc(Nc3ccccc3)c2)C1=O. The molecule has 1 aliphatic rings. The molecule has 3 N–H and O–H groups in total. The van der Waals surface area contributed by atoms with Crippen LogP contribution in [0, 0.1) is 5.92 Å². The molecule has 2 aromatic rings. The van der Waals surface area contributed by atoms with Gasteiger partial charge in [0.2, 0.25) is 11.8 Å². The van der Waals surface area contributed by atoms with Crippen molar-refractivity contribution >= 4 is 23.2 Å². The van der Waals surface area contributed by atoms with Crippen molar-refractivity contribution in [3.05, 3.63) is 60.2 Å². The number of anilines is 2. The molecule has 0 unspecified atom stereocenters. The second-order valence-corrected chi connectivity index (χ2v) is 6.40. The highest BCUT2D eigenvalue weighted by atomic mass is 16.2. The van der Waals surface area contributed by atoms with E-state index in [1.807, 2.05) is 54.6 Å². The van der Waals surface area contributed by atoms with Crippen LogP contribution in [-0.2, 0) is 16.1 Å². The molecule has 1 saturated heterocycles. The molecule has 2 aromatic carbocycles. The Labute approximate surface area is 147 Å². The lowest BCUT2D eigenvalue weighted by Crippen LogP contribution is -2.40. The van der Waals surface area contributed by atoms with E-state index in [9.17, 15) is 9.59 Å². The van der Waals surface area contributed by atoms with Crippen LogP contribution in [0.4, 0.5) is 11.4 Å². The van der Waals surface area contributed by atoms with Gasteiger partial charge in [0.1, 0.15) is 5.92 Å². The Morgan fingerprint density at radius 3 is 2.60 bits per heavy atom. The fraction of sp³-hybridized carbons (Fsp3) is 0.300. The van der Waals surface area contributed by atoms with Gasteiger partial charge in [0.25, 0.3) is 0 Å². The van der Waals surface area contributed by atoms with Crippen molar-refractivity contribution in [2.75, 3.05) is 11.9 Å². The van der Waals surface area contributed by atoms with E-state index in [1.165, 1.54) is 0 Å². The predicted octanol–water partition coefficient (Wildman–Crippen LogP) is 3.04. The molecule has 130 valence electrons. The number of benzene rings is 2. The standard InChI is InChI=1S/C20H23N3O2/c21-19(24)18-11-4-5-12-23(20(18)25)14-15-7-6-10-17(13-15)22-16-8-2-1-3-9-16/h1-3,6-10,13,18,22H,4-5,11-12,14H2,(H2,21,24)/t18-/m0/s1. The van der Waals surface area contributed by atoms with Gasteiger partial charge in [-0.05, 0) is 42.7 Å². The highest BCUT2D eigenvalue weighted by molar-refractivity contribution is 5.99. The molecule has 0 saturated carbocycles. The fourth-order valence-corrected chi connectivity index (χ4v) is 3.18. The first-order chi connectivity index (χ1) is 12.1. The molecule has 25 heavy (non-hydrogen) atoms. The van der Waals surface area contributed by atoms with Gasteiger partial charge in [-0.25, -0.2) is 0 Å². The number of amides is 2. The molecule has 2 amide bonds. The van der Waals surface area contributed by atoms with Crippen molar-refractivity contribution in [3.8, 4) is 0 Å². The lowest BCUT2D eigenvalue weighted by Gasteiger charge is -2.23. The van der Waals surface area contributed by atoms with Crippen LogP contribution < -0.4 is 11.1 Å². The summed E-state index contributed by atoms with van der Waals surface area (Å²) in [6.45, 7) is 1.16. The quantitative estimate of drug-likeness (QED) is 0.824. The summed E-state index contributed by atoms with van der Waals surface area (Å²) in [5.41, 5.74) is 8.41.